The van der Waals surface area contributed by atoms with E-state index >= 15 is 0 Å². The number of rotatable bonds is 16. The molecule has 0 aromatic rings. The Morgan fingerprint density at radius 3 is 2.00 bits per heavy atom. The van der Waals surface area contributed by atoms with Crippen LogP contribution in [0, 0.1) is 5.92 Å². The third-order valence-electron chi connectivity index (χ3n) is 3.80. The molecule has 0 heterocycles. The van der Waals surface area contributed by atoms with Crippen LogP contribution in [0.3, 0.4) is 0 Å². The molecule has 3 nitrogen and oxygen atoms in total. The molecular weight excluding hydrogens is 324 g/mol. The Bertz CT molecular complexity index is 394. The van der Waals surface area contributed by atoms with Gasteiger partial charge >= 0.3 is 6.16 Å². The lowest BCUT2D eigenvalue weighted by Gasteiger charge is -2.07. The summed E-state index contributed by atoms with van der Waals surface area (Å²) in [5.41, 5.74) is 0. The molecule has 0 unspecified atom stereocenters. The highest BCUT2D eigenvalue weighted by atomic mass is 16.7. The summed E-state index contributed by atoms with van der Waals surface area (Å²) in [6.07, 6.45) is 24.3. The third kappa shape index (κ3) is 20.5. The van der Waals surface area contributed by atoms with Crippen molar-refractivity contribution in [1.29, 1.82) is 0 Å². The van der Waals surface area contributed by atoms with Crippen molar-refractivity contribution in [2.45, 2.75) is 85.0 Å². The van der Waals surface area contributed by atoms with Crippen LogP contribution >= 0.6 is 0 Å². The lowest BCUT2D eigenvalue weighted by Crippen LogP contribution is -2.12. The molecule has 0 aromatic heterocycles. The highest BCUT2D eigenvalue weighted by Crippen LogP contribution is 2.08. The molecule has 0 amide bonds. The van der Waals surface area contributed by atoms with Crippen LogP contribution in [-0.2, 0) is 9.47 Å². The van der Waals surface area contributed by atoms with E-state index < -0.39 is 6.16 Å². The highest BCUT2D eigenvalue weighted by molar-refractivity contribution is 5.59. The average Bonchev–Trinajstić information content (AvgIpc) is 2.62. The van der Waals surface area contributed by atoms with Crippen LogP contribution in [-0.4, -0.2) is 19.4 Å². The first-order valence-electron chi connectivity index (χ1n) is 10.4. The van der Waals surface area contributed by atoms with E-state index in [1.165, 1.54) is 32.1 Å². The number of hydrogen-bond acceptors (Lipinski definition) is 3. The third-order valence-corrected chi connectivity index (χ3v) is 3.80. The van der Waals surface area contributed by atoms with Crippen molar-refractivity contribution in [2.24, 2.45) is 5.92 Å². The van der Waals surface area contributed by atoms with Crippen LogP contribution in [0.15, 0.2) is 36.5 Å². The summed E-state index contributed by atoms with van der Waals surface area (Å²) in [4.78, 5) is 11.2. The molecule has 0 saturated heterocycles. The summed E-state index contributed by atoms with van der Waals surface area (Å²) in [5, 5.41) is 0. The topological polar surface area (TPSA) is 35.5 Å². The molecule has 0 spiro atoms. The molecule has 0 radical (unpaired) electrons. The molecule has 0 aliphatic heterocycles. The normalized spacial score (nSPS) is 12.0. The fraction of sp³-hybridized carbons (Fsp3) is 0.696. The van der Waals surface area contributed by atoms with Crippen LogP contribution in [0.25, 0.3) is 0 Å². The monoisotopic (exact) mass is 364 g/mol. The van der Waals surface area contributed by atoms with Gasteiger partial charge in [0, 0.05) is 0 Å². The van der Waals surface area contributed by atoms with E-state index in [1.54, 1.807) is 0 Å². The van der Waals surface area contributed by atoms with Crippen molar-refractivity contribution in [3.8, 4) is 0 Å². The summed E-state index contributed by atoms with van der Waals surface area (Å²) < 4.78 is 9.99. The zero-order valence-corrected chi connectivity index (χ0v) is 17.3. The molecule has 0 fully saturated rings. The summed E-state index contributed by atoms with van der Waals surface area (Å²) in [6.45, 7) is 7.08. The first kappa shape index (κ1) is 24.5. The molecule has 0 aliphatic rings. The Morgan fingerprint density at radius 2 is 1.35 bits per heavy atom. The summed E-state index contributed by atoms with van der Waals surface area (Å²) >= 11 is 0. The van der Waals surface area contributed by atoms with E-state index in [-0.39, 0.29) is 0 Å². The van der Waals surface area contributed by atoms with E-state index in [2.05, 4.69) is 43.4 Å². The van der Waals surface area contributed by atoms with Crippen LogP contribution in [0.4, 0.5) is 4.79 Å². The molecule has 0 bridgehead atoms. The van der Waals surface area contributed by atoms with Gasteiger partial charge in [-0.2, -0.15) is 0 Å². The van der Waals surface area contributed by atoms with Crippen LogP contribution in [0.1, 0.15) is 85.0 Å². The Balaban J connectivity index is 3.27. The smallest absolute Gasteiger partial charge is 0.434 e. The van der Waals surface area contributed by atoms with Crippen LogP contribution in [0.2, 0.25) is 0 Å². The molecular formula is C23H40O3. The summed E-state index contributed by atoms with van der Waals surface area (Å²) in [6, 6.07) is 0. The van der Waals surface area contributed by atoms with Crippen molar-refractivity contribution < 1.29 is 14.3 Å². The average molecular weight is 365 g/mol. The van der Waals surface area contributed by atoms with E-state index in [0.717, 1.165) is 32.1 Å². The lowest BCUT2D eigenvalue weighted by molar-refractivity contribution is 0.0465. The van der Waals surface area contributed by atoms with Gasteiger partial charge in [-0.05, 0) is 44.4 Å². The minimum atomic E-state index is -0.530. The van der Waals surface area contributed by atoms with Crippen LogP contribution < -0.4 is 0 Å². The van der Waals surface area contributed by atoms with Gasteiger partial charge in [0.1, 0.15) is 0 Å². The van der Waals surface area contributed by atoms with Gasteiger partial charge in [-0.25, -0.2) is 4.79 Å². The zero-order chi connectivity index (χ0) is 19.3. The molecule has 0 aliphatic carbocycles. The Labute approximate surface area is 161 Å². The summed E-state index contributed by atoms with van der Waals surface area (Å²) in [5.74, 6) is 0.349. The number of carbonyl (C=O) groups is 1. The van der Waals surface area contributed by atoms with E-state index in [9.17, 15) is 4.79 Å². The van der Waals surface area contributed by atoms with Crippen molar-refractivity contribution in [2.75, 3.05) is 13.2 Å². The number of unbranched alkanes of at least 4 members (excludes halogenated alkanes) is 6. The number of carbonyl (C=O) groups excluding carboxylic acids is 1. The fourth-order valence-corrected chi connectivity index (χ4v) is 2.33. The molecule has 150 valence electrons. The van der Waals surface area contributed by atoms with Gasteiger partial charge in [0.25, 0.3) is 0 Å². The quantitative estimate of drug-likeness (QED) is 0.163. The minimum absolute atomic E-state index is 0.349. The maximum atomic E-state index is 11.2. The van der Waals surface area contributed by atoms with Gasteiger partial charge in [0.15, 0.2) is 0 Å². The first-order chi connectivity index (χ1) is 12.7. The maximum absolute atomic E-state index is 11.2. The Morgan fingerprint density at radius 1 is 0.769 bits per heavy atom. The van der Waals surface area contributed by atoms with Crippen molar-refractivity contribution >= 4 is 6.16 Å². The largest absolute Gasteiger partial charge is 0.508 e. The molecule has 0 aromatic carbocycles. The predicted molar refractivity (Wildman–Crippen MR) is 111 cm³/mol. The second-order valence-corrected chi connectivity index (χ2v) is 7.01. The predicted octanol–water partition coefficient (Wildman–Crippen LogP) is 7.39. The Hall–Kier alpha value is -1.51. The second kappa shape index (κ2) is 19.8. The van der Waals surface area contributed by atoms with Gasteiger partial charge in [-0.1, -0.05) is 82.9 Å². The van der Waals surface area contributed by atoms with Gasteiger partial charge < -0.3 is 9.47 Å². The van der Waals surface area contributed by atoms with Crippen molar-refractivity contribution in [1.82, 2.24) is 0 Å². The Kier molecular flexibility index (Phi) is 18.7. The minimum Gasteiger partial charge on any atom is -0.434 e. The van der Waals surface area contributed by atoms with Gasteiger partial charge in [-0.15, -0.1) is 0 Å². The van der Waals surface area contributed by atoms with E-state index in [4.69, 9.17) is 9.47 Å². The lowest BCUT2D eigenvalue weighted by atomic mass is 10.1. The fourth-order valence-electron chi connectivity index (χ4n) is 2.33. The number of allylic oxidation sites excluding steroid dienone is 6. The van der Waals surface area contributed by atoms with Crippen LogP contribution in [0.5, 0.6) is 0 Å². The maximum Gasteiger partial charge on any atom is 0.508 e. The molecule has 3 heteroatoms. The van der Waals surface area contributed by atoms with Gasteiger partial charge in [-0.3, -0.25) is 0 Å². The molecule has 0 rings (SSSR count). The van der Waals surface area contributed by atoms with Crippen molar-refractivity contribution in [3.63, 3.8) is 0 Å². The molecule has 26 heavy (non-hydrogen) atoms. The molecule has 0 saturated carbocycles. The van der Waals surface area contributed by atoms with Gasteiger partial charge in [0.2, 0.25) is 0 Å². The zero-order valence-electron chi connectivity index (χ0n) is 17.3. The standard InChI is InChI=1S/C23H40O3/c1-4-5-6-7-8-9-10-11-12-13-14-15-16-17-18-19-20-25-23(24)26-21-22(2)3/h5-6,8-9,11-12,22H,4,7,10,13-21H2,1-3H3/b6-5-,9-8-,12-11+. The van der Waals surface area contributed by atoms with E-state index in [1.807, 2.05) is 13.8 Å². The second-order valence-electron chi connectivity index (χ2n) is 7.01. The number of hydrogen-bond donors (Lipinski definition) is 0. The van der Waals surface area contributed by atoms with Gasteiger partial charge in [0.05, 0.1) is 13.2 Å². The first-order valence-corrected chi connectivity index (χ1v) is 10.4. The van der Waals surface area contributed by atoms with E-state index in [0.29, 0.717) is 19.1 Å². The highest BCUT2D eigenvalue weighted by Gasteiger charge is 2.04. The summed E-state index contributed by atoms with van der Waals surface area (Å²) in [7, 11) is 0. The number of ether oxygens (including phenoxy) is 2. The molecule has 0 N–H and O–H groups in total. The van der Waals surface area contributed by atoms with Crippen molar-refractivity contribution in [3.05, 3.63) is 36.5 Å². The SMILES string of the molecule is CC/C=C\C/C=C\C/C=C/CCCCCCCCOC(=O)OCC(C)C. The molecule has 0 atom stereocenters.